The number of benzene rings is 2. The van der Waals surface area contributed by atoms with Crippen molar-refractivity contribution in [2.75, 3.05) is 0 Å². The van der Waals surface area contributed by atoms with E-state index < -0.39 is 46.7 Å². The predicted octanol–water partition coefficient (Wildman–Crippen LogP) is 2.75. The number of hydrogen-bond donors (Lipinski definition) is 3. The highest BCUT2D eigenvalue weighted by atomic mass is 16.6. The monoisotopic (exact) mass is 402 g/mol. The van der Waals surface area contributed by atoms with E-state index in [-0.39, 0.29) is 11.3 Å². The van der Waals surface area contributed by atoms with Gasteiger partial charge in [0.05, 0.1) is 5.56 Å². The van der Waals surface area contributed by atoms with Crippen LogP contribution in [-0.2, 0) is 14.4 Å². The molecule has 3 N–H and O–H groups in total. The van der Waals surface area contributed by atoms with Crippen LogP contribution in [0.4, 0.5) is 0 Å². The van der Waals surface area contributed by atoms with E-state index in [1.54, 1.807) is 12.1 Å². The fourth-order valence-corrected chi connectivity index (χ4v) is 2.33. The summed E-state index contributed by atoms with van der Waals surface area (Å²) in [6.45, 7) is 3.15. The largest absolute Gasteiger partial charge is 0.508 e. The van der Waals surface area contributed by atoms with E-state index in [2.05, 4.69) is 0 Å². The molecule has 0 fully saturated rings. The minimum atomic E-state index is -0.884. The first kappa shape index (κ1) is 21.3. The second-order valence-corrected chi connectivity index (χ2v) is 5.80. The Morgan fingerprint density at radius 1 is 0.690 bits per heavy atom. The Bertz CT molecular complexity index is 945. The molecule has 0 aliphatic carbocycles. The van der Waals surface area contributed by atoms with Gasteiger partial charge in [0.2, 0.25) is 17.2 Å². The lowest BCUT2D eigenvalue weighted by atomic mass is 10.1. The van der Waals surface area contributed by atoms with E-state index in [0.717, 1.165) is 20.8 Å². The molecule has 0 aliphatic heterocycles. The van der Waals surface area contributed by atoms with E-state index in [4.69, 9.17) is 14.2 Å². The SMILES string of the molecule is CC(=O)Oc1c(O)c(OC(C)=O)c(C=Cc2ccc(O)cc2)c(OC(C)=O)c1O. The highest BCUT2D eigenvalue weighted by Crippen LogP contribution is 2.53. The van der Waals surface area contributed by atoms with Gasteiger partial charge in [-0.1, -0.05) is 18.2 Å². The number of rotatable bonds is 5. The third kappa shape index (κ3) is 5.25. The molecule has 0 saturated carbocycles. The second kappa shape index (κ2) is 8.79. The van der Waals surface area contributed by atoms with E-state index >= 15 is 0 Å². The number of esters is 3. The Hall–Kier alpha value is -4.01. The van der Waals surface area contributed by atoms with Crippen LogP contribution in [0.25, 0.3) is 12.2 Å². The lowest BCUT2D eigenvalue weighted by molar-refractivity contribution is -0.132. The zero-order valence-corrected chi connectivity index (χ0v) is 15.8. The number of aromatic hydroxyl groups is 3. The average Bonchev–Trinajstić information content (AvgIpc) is 2.62. The van der Waals surface area contributed by atoms with Crippen molar-refractivity contribution in [1.82, 2.24) is 0 Å². The van der Waals surface area contributed by atoms with Crippen molar-refractivity contribution >= 4 is 30.1 Å². The molecule has 9 nitrogen and oxygen atoms in total. The van der Waals surface area contributed by atoms with Crippen LogP contribution in [0.1, 0.15) is 31.9 Å². The summed E-state index contributed by atoms with van der Waals surface area (Å²) >= 11 is 0. The van der Waals surface area contributed by atoms with Crippen LogP contribution in [-0.4, -0.2) is 33.2 Å². The maximum Gasteiger partial charge on any atom is 0.308 e. The number of hydrogen-bond acceptors (Lipinski definition) is 9. The number of phenolic OH excluding ortho intramolecular Hbond substituents is 3. The van der Waals surface area contributed by atoms with E-state index in [1.807, 2.05) is 0 Å². The molecule has 0 aliphatic rings. The summed E-state index contributed by atoms with van der Waals surface area (Å²) in [5, 5.41) is 30.2. The molecule has 0 radical (unpaired) electrons. The zero-order valence-electron chi connectivity index (χ0n) is 15.8. The van der Waals surface area contributed by atoms with Crippen molar-refractivity contribution in [2.24, 2.45) is 0 Å². The Morgan fingerprint density at radius 2 is 1.10 bits per heavy atom. The summed E-state index contributed by atoms with van der Waals surface area (Å²) < 4.78 is 14.8. The van der Waals surface area contributed by atoms with Crippen LogP contribution in [0.3, 0.4) is 0 Å². The molecule has 0 bridgehead atoms. The molecule has 0 spiro atoms. The quantitative estimate of drug-likeness (QED) is 0.391. The molecule has 0 aromatic heterocycles. The molecule has 2 aromatic carbocycles. The van der Waals surface area contributed by atoms with Crippen molar-refractivity contribution in [3.8, 4) is 34.5 Å². The van der Waals surface area contributed by atoms with Gasteiger partial charge in [0.1, 0.15) is 5.75 Å². The molecular formula is C20H18O9. The van der Waals surface area contributed by atoms with Gasteiger partial charge in [-0.2, -0.15) is 0 Å². The molecule has 9 heteroatoms. The summed E-state index contributed by atoms with van der Waals surface area (Å²) in [5.74, 6) is -5.87. The molecule has 2 rings (SSSR count). The van der Waals surface area contributed by atoms with Crippen molar-refractivity contribution < 1.29 is 43.9 Å². The highest BCUT2D eigenvalue weighted by molar-refractivity contribution is 5.88. The van der Waals surface area contributed by atoms with E-state index in [1.165, 1.54) is 24.3 Å². The van der Waals surface area contributed by atoms with Crippen molar-refractivity contribution in [3.05, 3.63) is 35.4 Å². The normalized spacial score (nSPS) is 10.6. The minimum Gasteiger partial charge on any atom is -0.508 e. The molecular weight excluding hydrogens is 384 g/mol. The van der Waals surface area contributed by atoms with Gasteiger partial charge < -0.3 is 29.5 Å². The number of carbonyl (C=O) groups is 3. The molecule has 0 heterocycles. The van der Waals surface area contributed by atoms with Gasteiger partial charge >= 0.3 is 17.9 Å². The van der Waals surface area contributed by atoms with Gasteiger partial charge in [-0.3, -0.25) is 14.4 Å². The Balaban J connectivity index is 2.75. The predicted molar refractivity (Wildman–Crippen MR) is 101 cm³/mol. The average molecular weight is 402 g/mol. The summed E-state index contributed by atoms with van der Waals surface area (Å²) in [6, 6.07) is 5.99. The van der Waals surface area contributed by atoms with E-state index in [9.17, 15) is 29.7 Å². The fourth-order valence-electron chi connectivity index (χ4n) is 2.33. The first-order valence-electron chi connectivity index (χ1n) is 8.24. The van der Waals surface area contributed by atoms with Crippen LogP contribution in [0.2, 0.25) is 0 Å². The molecule has 152 valence electrons. The fraction of sp³-hybridized carbons (Fsp3) is 0.150. The van der Waals surface area contributed by atoms with Crippen LogP contribution in [0.15, 0.2) is 24.3 Å². The van der Waals surface area contributed by atoms with Gasteiger partial charge in [-0.25, -0.2) is 0 Å². The van der Waals surface area contributed by atoms with Gasteiger partial charge in [-0.05, 0) is 23.8 Å². The molecule has 0 unspecified atom stereocenters. The first-order valence-corrected chi connectivity index (χ1v) is 8.24. The zero-order chi connectivity index (χ0) is 21.7. The number of ether oxygens (including phenoxy) is 3. The summed E-state index contributed by atoms with van der Waals surface area (Å²) in [6.07, 6.45) is 2.79. The molecule has 29 heavy (non-hydrogen) atoms. The van der Waals surface area contributed by atoms with Crippen LogP contribution in [0, 0.1) is 0 Å². The van der Waals surface area contributed by atoms with Crippen LogP contribution < -0.4 is 14.2 Å². The second-order valence-electron chi connectivity index (χ2n) is 5.80. The summed E-state index contributed by atoms with van der Waals surface area (Å²) in [7, 11) is 0. The van der Waals surface area contributed by atoms with E-state index in [0.29, 0.717) is 5.56 Å². The molecule has 0 atom stereocenters. The van der Waals surface area contributed by atoms with Crippen molar-refractivity contribution in [1.29, 1.82) is 0 Å². The summed E-state index contributed by atoms with van der Waals surface area (Å²) in [5.41, 5.74) is 0.433. The third-order valence-electron chi connectivity index (χ3n) is 3.42. The maximum absolute atomic E-state index is 11.5. The standard InChI is InChI=1S/C20H18O9/c1-10(21)27-18-15(9-6-13-4-7-14(24)8-5-13)19(28-11(2)22)17(26)20(16(18)25)29-12(3)23/h4-9,24-26H,1-3H3. The lowest BCUT2D eigenvalue weighted by Gasteiger charge is -2.17. The number of carbonyl (C=O) groups excluding carboxylic acids is 3. The van der Waals surface area contributed by atoms with Crippen LogP contribution >= 0.6 is 0 Å². The van der Waals surface area contributed by atoms with Gasteiger partial charge in [-0.15, -0.1) is 0 Å². The van der Waals surface area contributed by atoms with Gasteiger partial charge in [0.15, 0.2) is 11.5 Å². The Labute approximate surface area is 165 Å². The first-order chi connectivity index (χ1) is 13.6. The third-order valence-corrected chi connectivity index (χ3v) is 3.42. The smallest absolute Gasteiger partial charge is 0.308 e. The van der Waals surface area contributed by atoms with Gasteiger partial charge in [0.25, 0.3) is 0 Å². The minimum absolute atomic E-state index is 0.0457. The number of phenols is 3. The molecule has 2 aromatic rings. The van der Waals surface area contributed by atoms with Crippen LogP contribution in [0.5, 0.6) is 34.5 Å². The van der Waals surface area contributed by atoms with Crippen molar-refractivity contribution in [2.45, 2.75) is 20.8 Å². The molecule has 0 saturated heterocycles. The highest BCUT2D eigenvalue weighted by Gasteiger charge is 2.29. The summed E-state index contributed by atoms with van der Waals surface area (Å²) in [4.78, 5) is 34.3. The van der Waals surface area contributed by atoms with Crippen molar-refractivity contribution in [3.63, 3.8) is 0 Å². The lowest BCUT2D eigenvalue weighted by Crippen LogP contribution is -2.10. The topological polar surface area (TPSA) is 140 Å². The van der Waals surface area contributed by atoms with Gasteiger partial charge in [0, 0.05) is 20.8 Å². The Kier molecular flexibility index (Phi) is 6.45. The maximum atomic E-state index is 11.5. The molecule has 0 amide bonds. The Morgan fingerprint density at radius 3 is 1.52 bits per heavy atom.